The van der Waals surface area contributed by atoms with E-state index in [2.05, 4.69) is 4.74 Å². The zero-order valence-corrected chi connectivity index (χ0v) is 12.7. The number of esters is 2. The van der Waals surface area contributed by atoms with Gasteiger partial charge >= 0.3 is 11.9 Å². The van der Waals surface area contributed by atoms with Crippen LogP contribution in [0.4, 0.5) is 0 Å². The van der Waals surface area contributed by atoms with E-state index >= 15 is 0 Å². The molecule has 1 unspecified atom stereocenters. The monoisotopic (exact) mass is 353 g/mol. The van der Waals surface area contributed by atoms with Gasteiger partial charge in [-0.2, -0.15) is 0 Å². The molecule has 0 aliphatic carbocycles. The van der Waals surface area contributed by atoms with Gasteiger partial charge in [-0.05, 0) is 12.1 Å². The number of halogens is 2. The molecule has 1 fully saturated rings. The Morgan fingerprint density at radius 3 is 2.52 bits per heavy atom. The Labute approximate surface area is 130 Å². The lowest BCUT2D eigenvalue weighted by molar-refractivity contribution is -0.145. The molecule has 7 nitrogen and oxygen atoms in total. The number of benzene rings is 1. The molecule has 0 radical (unpaired) electrons. The number of nitrogens with two attached hydrogens (primary N) is 1. The molecule has 1 aromatic carbocycles. The van der Waals surface area contributed by atoms with E-state index in [1.54, 1.807) is 0 Å². The number of cyclic esters (lactones) is 1. The van der Waals surface area contributed by atoms with Crippen LogP contribution < -0.4 is 5.14 Å². The van der Waals surface area contributed by atoms with Gasteiger partial charge in [0.05, 0.1) is 22.2 Å². The maximum absolute atomic E-state index is 12.0. The molecule has 2 rings (SSSR count). The van der Waals surface area contributed by atoms with Gasteiger partial charge in [0.15, 0.2) is 0 Å². The normalized spacial score (nSPS) is 18.4. The highest BCUT2D eigenvalue weighted by atomic mass is 35.5. The summed E-state index contributed by atoms with van der Waals surface area (Å²) >= 11 is 11.5. The smallest absolute Gasteiger partial charge is 0.347 e. The van der Waals surface area contributed by atoms with E-state index in [-0.39, 0.29) is 28.6 Å². The minimum absolute atomic E-state index is 0.122. The first-order valence-corrected chi connectivity index (χ1v) is 7.90. The molecule has 1 heterocycles. The van der Waals surface area contributed by atoms with Crippen molar-refractivity contribution in [1.82, 2.24) is 0 Å². The molecule has 1 aromatic rings. The second-order valence-corrected chi connectivity index (χ2v) is 6.50. The van der Waals surface area contributed by atoms with Gasteiger partial charge in [-0.25, -0.2) is 23.1 Å². The van der Waals surface area contributed by atoms with Crippen molar-refractivity contribution in [2.24, 2.45) is 5.14 Å². The zero-order valence-electron chi connectivity index (χ0n) is 10.3. The summed E-state index contributed by atoms with van der Waals surface area (Å²) in [7, 11) is -4.13. The first-order chi connectivity index (χ1) is 9.70. The number of rotatable bonds is 3. The van der Waals surface area contributed by atoms with Crippen molar-refractivity contribution in [3.05, 3.63) is 27.7 Å². The highest BCUT2D eigenvalue weighted by Crippen LogP contribution is 2.29. The predicted molar refractivity (Wildman–Crippen MR) is 72.6 cm³/mol. The molecule has 2 N–H and O–H groups in total. The molecular weight excluding hydrogens is 345 g/mol. The quantitative estimate of drug-likeness (QED) is 0.814. The topological polar surface area (TPSA) is 113 Å². The molecule has 114 valence electrons. The Hall–Kier alpha value is -1.35. The molecule has 1 aliphatic rings. The molecule has 1 saturated heterocycles. The van der Waals surface area contributed by atoms with E-state index in [0.29, 0.717) is 0 Å². The van der Waals surface area contributed by atoms with Crippen LogP contribution in [0, 0.1) is 0 Å². The Bertz CT molecular complexity index is 718. The third-order valence-corrected chi connectivity index (χ3v) is 4.37. The molecule has 0 amide bonds. The second kappa shape index (κ2) is 5.80. The number of ether oxygens (including phenoxy) is 2. The van der Waals surface area contributed by atoms with Crippen molar-refractivity contribution in [3.63, 3.8) is 0 Å². The van der Waals surface area contributed by atoms with Crippen LogP contribution >= 0.6 is 23.2 Å². The third-order valence-electron chi connectivity index (χ3n) is 2.68. The van der Waals surface area contributed by atoms with Gasteiger partial charge in [0.2, 0.25) is 16.1 Å². The molecule has 21 heavy (non-hydrogen) atoms. The highest BCUT2D eigenvalue weighted by Gasteiger charge is 2.31. The van der Waals surface area contributed by atoms with Crippen molar-refractivity contribution in [1.29, 1.82) is 0 Å². The van der Waals surface area contributed by atoms with Gasteiger partial charge < -0.3 is 9.47 Å². The van der Waals surface area contributed by atoms with E-state index < -0.39 is 33.0 Å². The first-order valence-electron chi connectivity index (χ1n) is 5.59. The van der Waals surface area contributed by atoms with Crippen molar-refractivity contribution in [2.75, 3.05) is 6.61 Å². The lowest BCUT2D eigenvalue weighted by atomic mass is 10.2. The third kappa shape index (κ3) is 3.46. The van der Waals surface area contributed by atoms with Gasteiger partial charge in [0, 0.05) is 6.42 Å². The number of carbonyl (C=O) groups excluding carboxylic acids is 2. The lowest BCUT2D eigenvalue weighted by Crippen LogP contribution is -2.23. The average molecular weight is 354 g/mol. The number of hydrogen-bond acceptors (Lipinski definition) is 6. The molecule has 1 atom stereocenters. The van der Waals surface area contributed by atoms with Crippen LogP contribution in [-0.2, 0) is 24.3 Å². The Kier molecular flexibility index (Phi) is 4.43. The molecule has 0 spiro atoms. The summed E-state index contributed by atoms with van der Waals surface area (Å²) in [5, 5.41) is 4.64. The summed E-state index contributed by atoms with van der Waals surface area (Å²) < 4.78 is 32.3. The average Bonchev–Trinajstić information content (AvgIpc) is 2.73. The fourth-order valence-corrected chi connectivity index (χ4v) is 3.08. The molecule has 0 saturated carbocycles. The summed E-state index contributed by atoms with van der Waals surface area (Å²) in [4.78, 5) is 22.7. The summed E-state index contributed by atoms with van der Waals surface area (Å²) in [5.74, 6) is -1.63. The summed E-state index contributed by atoms with van der Waals surface area (Å²) in [6.45, 7) is 0.146. The van der Waals surface area contributed by atoms with Gasteiger partial charge in [-0.15, -0.1) is 0 Å². The molecule has 0 bridgehead atoms. The van der Waals surface area contributed by atoms with Crippen molar-refractivity contribution in [3.8, 4) is 0 Å². The Balaban J connectivity index is 2.35. The Morgan fingerprint density at radius 1 is 1.33 bits per heavy atom. The van der Waals surface area contributed by atoms with Crippen LogP contribution in [0.1, 0.15) is 16.8 Å². The number of carbonyl (C=O) groups is 2. The second-order valence-electron chi connectivity index (χ2n) is 4.16. The first kappa shape index (κ1) is 16.0. The summed E-state index contributed by atoms with van der Waals surface area (Å²) in [5.41, 5.74) is -0.259. The van der Waals surface area contributed by atoms with E-state index in [1.807, 2.05) is 0 Å². The molecular formula is C11H9Cl2NO6S. The SMILES string of the molecule is NS(=O)(=O)c1cc(C(=O)OC2CCOC2=O)c(Cl)cc1Cl. The van der Waals surface area contributed by atoms with E-state index in [0.717, 1.165) is 12.1 Å². The number of hydrogen-bond donors (Lipinski definition) is 1. The minimum atomic E-state index is -4.13. The van der Waals surface area contributed by atoms with Gasteiger partial charge in [0.1, 0.15) is 4.90 Å². The van der Waals surface area contributed by atoms with Crippen LogP contribution in [0.25, 0.3) is 0 Å². The van der Waals surface area contributed by atoms with E-state index in [1.165, 1.54) is 0 Å². The van der Waals surface area contributed by atoms with Gasteiger partial charge in [-0.3, -0.25) is 0 Å². The summed E-state index contributed by atoms with van der Waals surface area (Å²) in [6, 6.07) is 1.97. The predicted octanol–water partition coefficient (Wildman–Crippen LogP) is 1.11. The maximum atomic E-state index is 12.0. The zero-order chi connectivity index (χ0) is 15.8. The highest BCUT2D eigenvalue weighted by molar-refractivity contribution is 7.89. The van der Waals surface area contributed by atoms with Crippen molar-refractivity contribution >= 4 is 45.2 Å². The van der Waals surface area contributed by atoms with E-state index in [4.69, 9.17) is 33.1 Å². The van der Waals surface area contributed by atoms with Crippen LogP contribution in [0.2, 0.25) is 10.0 Å². The Morgan fingerprint density at radius 2 is 2.00 bits per heavy atom. The number of primary sulfonamides is 1. The van der Waals surface area contributed by atoms with Crippen LogP contribution in [0.15, 0.2) is 17.0 Å². The van der Waals surface area contributed by atoms with Crippen LogP contribution in [0.5, 0.6) is 0 Å². The number of sulfonamides is 1. The molecule has 0 aromatic heterocycles. The van der Waals surface area contributed by atoms with E-state index in [9.17, 15) is 18.0 Å². The van der Waals surface area contributed by atoms with Crippen molar-refractivity contribution in [2.45, 2.75) is 17.4 Å². The van der Waals surface area contributed by atoms with Gasteiger partial charge in [0.25, 0.3) is 0 Å². The van der Waals surface area contributed by atoms with Gasteiger partial charge in [-0.1, -0.05) is 23.2 Å². The largest absolute Gasteiger partial charge is 0.463 e. The summed E-state index contributed by atoms with van der Waals surface area (Å²) in [6.07, 6.45) is -0.820. The molecule has 10 heteroatoms. The minimum Gasteiger partial charge on any atom is -0.463 e. The fourth-order valence-electron chi connectivity index (χ4n) is 1.68. The van der Waals surface area contributed by atoms with Crippen LogP contribution in [0.3, 0.4) is 0 Å². The fraction of sp³-hybridized carbons (Fsp3) is 0.273. The van der Waals surface area contributed by atoms with Crippen molar-refractivity contribution < 1.29 is 27.5 Å². The maximum Gasteiger partial charge on any atom is 0.347 e. The van der Waals surface area contributed by atoms with Crippen LogP contribution in [-0.4, -0.2) is 33.1 Å². The molecule has 1 aliphatic heterocycles. The lowest BCUT2D eigenvalue weighted by Gasteiger charge is -2.11. The standard InChI is InChI=1S/C11H9Cl2NO6S/c12-6-4-7(13)9(21(14,17)18)3-5(6)10(15)20-8-1-2-19-11(8)16/h3-4,8H,1-2H2,(H2,14,17,18).